The summed E-state index contributed by atoms with van der Waals surface area (Å²) in [7, 11) is 2.20. The zero-order valence-corrected chi connectivity index (χ0v) is 17.7. The quantitative estimate of drug-likeness (QED) is 0.627. The second-order valence-electron chi connectivity index (χ2n) is 9.52. The van der Waals surface area contributed by atoms with E-state index in [1.54, 1.807) is 0 Å². The molecule has 1 aromatic heterocycles. The van der Waals surface area contributed by atoms with Crippen molar-refractivity contribution in [3.63, 3.8) is 0 Å². The molecule has 5 rings (SSSR count). The Morgan fingerprint density at radius 1 is 1.18 bits per heavy atom. The normalized spacial score (nSPS) is 26.1. The highest BCUT2D eigenvalue weighted by Gasteiger charge is 2.58. The van der Waals surface area contributed by atoms with Gasteiger partial charge in [-0.2, -0.15) is 0 Å². The van der Waals surface area contributed by atoms with Crippen molar-refractivity contribution in [2.75, 3.05) is 11.9 Å². The van der Waals surface area contributed by atoms with Crippen molar-refractivity contribution >= 4 is 11.4 Å². The first-order valence-electron chi connectivity index (χ1n) is 10.2. The average molecular weight is 372 g/mol. The van der Waals surface area contributed by atoms with Gasteiger partial charge in [0.1, 0.15) is 6.17 Å². The van der Waals surface area contributed by atoms with Gasteiger partial charge in [0.2, 0.25) is 0 Å². The van der Waals surface area contributed by atoms with Crippen molar-refractivity contribution in [2.45, 2.75) is 52.1 Å². The number of hydrogen-bond donors (Lipinski definition) is 0. The molecule has 3 nitrogen and oxygen atoms in total. The Bertz CT molecular complexity index is 1050. The summed E-state index contributed by atoms with van der Waals surface area (Å²) >= 11 is 0. The van der Waals surface area contributed by atoms with E-state index in [2.05, 4.69) is 94.6 Å². The Balaban J connectivity index is 1.95. The summed E-state index contributed by atoms with van der Waals surface area (Å²) in [5, 5.41) is 0. The zero-order valence-electron chi connectivity index (χ0n) is 17.7. The van der Waals surface area contributed by atoms with Crippen molar-refractivity contribution in [3.05, 3.63) is 66.0 Å². The molecule has 144 valence electrons. The molecule has 2 atom stereocenters. The molecule has 3 aliphatic heterocycles. The van der Waals surface area contributed by atoms with E-state index in [0.717, 1.165) is 5.69 Å². The van der Waals surface area contributed by atoms with Gasteiger partial charge in [-0.1, -0.05) is 58.9 Å². The molecule has 0 saturated heterocycles. The van der Waals surface area contributed by atoms with Crippen LogP contribution in [0.2, 0.25) is 0 Å². The van der Waals surface area contributed by atoms with Gasteiger partial charge in [-0.3, -0.25) is 4.98 Å². The molecule has 3 heteroatoms. The number of anilines is 1. The molecular formula is C25H29N3. The third kappa shape index (κ3) is 1.78. The monoisotopic (exact) mass is 371 g/mol. The van der Waals surface area contributed by atoms with Crippen molar-refractivity contribution in [3.8, 4) is 11.3 Å². The number of rotatable bonds is 2. The maximum absolute atomic E-state index is 4.94. The molecule has 2 aromatic rings. The minimum Gasteiger partial charge on any atom is -0.357 e. The number of aromatic nitrogens is 1. The first-order valence-corrected chi connectivity index (χ1v) is 10.2. The Morgan fingerprint density at radius 3 is 2.61 bits per heavy atom. The van der Waals surface area contributed by atoms with Crippen molar-refractivity contribution in [1.82, 2.24) is 9.88 Å². The van der Waals surface area contributed by atoms with Crippen LogP contribution in [0.15, 0.2) is 49.3 Å². The fourth-order valence-electron chi connectivity index (χ4n) is 5.66. The molecule has 0 spiro atoms. The minimum absolute atomic E-state index is 0.0647. The Hall–Kier alpha value is -2.55. The molecule has 4 heterocycles. The van der Waals surface area contributed by atoms with Gasteiger partial charge in [0, 0.05) is 41.4 Å². The molecule has 0 fully saturated rings. The predicted molar refractivity (Wildman–Crippen MR) is 117 cm³/mol. The van der Waals surface area contributed by atoms with Crippen LogP contribution in [-0.2, 0) is 5.41 Å². The predicted octanol–water partition coefficient (Wildman–Crippen LogP) is 5.75. The van der Waals surface area contributed by atoms with Gasteiger partial charge in [-0.25, -0.2) is 0 Å². The van der Waals surface area contributed by atoms with Gasteiger partial charge in [-0.05, 0) is 23.1 Å². The second kappa shape index (κ2) is 5.28. The minimum atomic E-state index is -0.112. The van der Waals surface area contributed by atoms with Crippen LogP contribution in [-0.4, -0.2) is 23.1 Å². The largest absolute Gasteiger partial charge is 0.357 e. The second-order valence-corrected chi connectivity index (χ2v) is 9.52. The van der Waals surface area contributed by atoms with E-state index in [1.165, 1.54) is 33.6 Å². The SMILES string of the molecule is C=CC1(C)C2N(C)C=C3c4cccc(C(C)C)c4-c4nccc(c4N32)C1(C)C. The van der Waals surface area contributed by atoms with E-state index in [1.807, 2.05) is 6.20 Å². The molecule has 0 radical (unpaired) electrons. The van der Waals surface area contributed by atoms with Crippen LogP contribution in [0.1, 0.15) is 57.2 Å². The summed E-state index contributed by atoms with van der Waals surface area (Å²) in [5.41, 5.74) is 8.87. The van der Waals surface area contributed by atoms with Crippen LogP contribution >= 0.6 is 0 Å². The summed E-state index contributed by atoms with van der Waals surface area (Å²) in [6.07, 6.45) is 6.67. The van der Waals surface area contributed by atoms with Crippen molar-refractivity contribution in [1.29, 1.82) is 0 Å². The van der Waals surface area contributed by atoms with Gasteiger partial charge < -0.3 is 9.80 Å². The fraction of sp³-hybridized carbons (Fsp3) is 0.400. The third-order valence-corrected chi connectivity index (χ3v) is 7.59. The molecule has 2 unspecified atom stereocenters. The number of fused-ring (bicyclic) bond motifs is 3. The molecule has 0 amide bonds. The Morgan fingerprint density at radius 2 is 1.93 bits per heavy atom. The van der Waals surface area contributed by atoms with Crippen molar-refractivity contribution in [2.24, 2.45) is 5.41 Å². The number of nitrogens with zero attached hydrogens (tertiary/aromatic N) is 3. The molecule has 0 N–H and O–H groups in total. The first kappa shape index (κ1) is 17.5. The van der Waals surface area contributed by atoms with Crippen LogP contribution in [0.3, 0.4) is 0 Å². The van der Waals surface area contributed by atoms with Gasteiger partial charge in [-0.15, -0.1) is 6.58 Å². The highest BCUT2D eigenvalue weighted by atomic mass is 15.4. The topological polar surface area (TPSA) is 19.4 Å². The molecule has 0 saturated carbocycles. The summed E-state index contributed by atoms with van der Waals surface area (Å²) in [4.78, 5) is 9.84. The van der Waals surface area contributed by atoms with E-state index < -0.39 is 0 Å². The highest BCUT2D eigenvalue weighted by molar-refractivity contribution is 6.02. The summed E-state index contributed by atoms with van der Waals surface area (Å²) in [5.74, 6) is 0.449. The highest BCUT2D eigenvalue weighted by Crippen LogP contribution is 2.62. The smallest absolute Gasteiger partial charge is 0.115 e. The Labute approximate surface area is 168 Å². The first-order chi connectivity index (χ1) is 13.2. The van der Waals surface area contributed by atoms with Crippen molar-refractivity contribution < 1.29 is 0 Å². The number of pyridine rings is 1. The molecule has 0 bridgehead atoms. The van der Waals surface area contributed by atoms with E-state index in [-0.39, 0.29) is 17.0 Å². The zero-order chi connectivity index (χ0) is 20.0. The van der Waals surface area contributed by atoms with Gasteiger partial charge >= 0.3 is 0 Å². The lowest BCUT2D eigenvalue weighted by molar-refractivity contribution is 0.107. The summed E-state index contributed by atoms with van der Waals surface area (Å²) in [6.45, 7) is 15.9. The van der Waals surface area contributed by atoms with Gasteiger partial charge in [0.25, 0.3) is 0 Å². The molecule has 3 aliphatic rings. The van der Waals surface area contributed by atoms with Gasteiger partial charge in [0.15, 0.2) is 0 Å². The maximum Gasteiger partial charge on any atom is 0.115 e. The lowest BCUT2D eigenvalue weighted by Crippen LogP contribution is -2.61. The lowest BCUT2D eigenvalue weighted by Gasteiger charge is -2.58. The molecular weight excluding hydrogens is 342 g/mol. The summed E-state index contributed by atoms with van der Waals surface area (Å²) in [6, 6.07) is 8.93. The van der Waals surface area contributed by atoms with E-state index in [9.17, 15) is 0 Å². The maximum atomic E-state index is 4.94. The average Bonchev–Trinajstić information content (AvgIpc) is 3.03. The van der Waals surface area contributed by atoms with E-state index in [0.29, 0.717) is 5.92 Å². The Kier molecular flexibility index (Phi) is 3.31. The van der Waals surface area contributed by atoms with Crippen LogP contribution in [0, 0.1) is 5.41 Å². The number of benzene rings is 1. The molecule has 28 heavy (non-hydrogen) atoms. The van der Waals surface area contributed by atoms with Crippen LogP contribution in [0.25, 0.3) is 17.0 Å². The number of hydrogen-bond acceptors (Lipinski definition) is 3. The van der Waals surface area contributed by atoms with Gasteiger partial charge in [0.05, 0.1) is 17.1 Å². The van der Waals surface area contributed by atoms with E-state index in [4.69, 9.17) is 4.98 Å². The van der Waals surface area contributed by atoms with E-state index >= 15 is 0 Å². The molecule has 0 aliphatic carbocycles. The summed E-state index contributed by atoms with van der Waals surface area (Å²) < 4.78 is 0. The van der Waals surface area contributed by atoms with Crippen LogP contribution in [0.5, 0.6) is 0 Å². The van der Waals surface area contributed by atoms with Crippen LogP contribution in [0.4, 0.5) is 5.69 Å². The fourth-order valence-corrected chi connectivity index (χ4v) is 5.66. The van der Waals surface area contributed by atoms with Crippen LogP contribution < -0.4 is 4.90 Å². The molecule has 1 aromatic carbocycles. The third-order valence-electron chi connectivity index (χ3n) is 7.59. The standard InChI is InChI=1S/C25H29N3/c1-8-25(6)23-27(7)14-19-17-11-9-10-16(15(2)3)20(17)21-22(28(19)23)18(12-13-26-21)24(25,4)5/h8-15,23H,1H2,2-7H3. The lowest BCUT2D eigenvalue weighted by atomic mass is 9.58.